The van der Waals surface area contributed by atoms with Crippen LogP contribution in [-0.2, 0) is 9.59 Å². The monoisotopic (exact) mass is 340 g/mol. The Morgan fingerprint density at radius 3 is 2.38 bits per heavy atom. The summed E-state index contributed by atoms with van der Waals surface area (Å²) in [6.07, 6.45) is 0. The number of imide groups is 1. The lowest BCUT2D eigenvalue weighted by Crippen LogP contribution is -2.34. The fraction of sp³-hybridized carbons (Fsp3) is 0.158. The molecule has 122 valence electrons. The van der Waals surface area contributed by atoms with E-state index in [1.807, 2.05) is 50.2 Å². The number of rotatable bonds is 4. The Hall–Kier alpha value is -2.59. The van der Waals surface area contributed by atoms with E-state index < -0.39 is 11.8 Å². The molecule has 0 bridgehead atoms. The van der Waals surface area contributed by atoms with Gasteiger partial charge >= 0.3 is 0 Å². The smallest absolute Gasteiger partial charge is 0.283 e. The highest BCUT2D eigenvalue weighted by Gasteiger charge is 2.39. The van der Waals surface area contributed by atoms with Crippen LogP contribution in [0.5, 0.6) is 0 Å². The minimum absolute atomic E-state index is 0.0794. The van der Waals surface area contributed by atoms with Gasteiger partial charge in [-0.25, -0.2) is 4.90 Å². The molecule has 1 aliphatic heterocycles. The summed E-state index contributed by atoms with van der Waals surface area (Å²) in [5, 5.41) is 3.00. The molecule has 0 saturated carbocycles. The number of halogens is 1. The first kappa shape index (κ1) is 16.3. The molecule has 3 rings (SSSR count). The average Bonchev–Trinajstić information content (AvgIpc) is 2.79. The zero-order valence-electron chi connectivity index (χ0n) is 13.4. The van der Waals surface area contributed by atoms with Crippen molar-refractivity contribution in [1.82, 2.24) is 5.32 Å². The molecule has 5 heteroatoms. The molecular formula is C19H17ClN2O2. The number of hydrogen-bond acceptors (Lipinski definition) is 3. The maximum atomic E-state index is 12.7. The van der Waals surface area contributed by atoms with E-state index >= 15 is 0 Å². The van der Waals surface area contributed by atoms with Gasteiger partial charge in [0.1, 0.15) is 10.7 Å². The number of nitrogens with zero attached hydrogens (tertiary/aromatic N) is 1. The van der Waals surface area contributed by atoms with Gasteiger partial charge in [0, 0.05) is 6.04 Å². The van der Waals surface area contributed by atoms with Crippen molar-refractivity contribution in [2.24, 2.45) is 0 Å². The molecule has 0 aliphatic carbocycles. The third-order valence-electron chi connectivity index (χ3n) is 3.95. The molecule has 2 aromatic rings. The first-order chi connectivity index (χ1) is 11.5. The van der Waals surface area contributed by atoms with Gasteiger partial charge in [-0.2, -0.15) is 0 Å². The molecule has 1 unspecified atom stereocenters. The molecule has 0 radical (unpaired) electrons. The molecule has 0 aromatic heterocycles. The van der Waals surface area contributed by atoms with Crippen LogP contribution in [0, 0.1) is 6.92 Å². The van der Waals surface area contributed by atoms with Crippen LogP contribution in [0.1, 0.15) is 24.1 Å². The minimum Gasteiger partial charge on any atom is -0.373 e. The largest absolute Gasteiger partial charge is 0.373 e. The summed E-state index contributed by atoms with van der Waals surface area (Å²) in [4.78, 5) is 26.2. The molecule has 2 amide bonds. The van der Waals surface area contributed by atoms with Crippen molar-refractivity contribution < 1.29 is 9.59 Å². The van der Waals surface area contributed by atoms with Gasteiger partial charge in [-0.1, -0.05) is 54.1 Å². The third kappa shape index (κ3) is 2.93. The molecule has 24 heavy (non-hydrogen) atoms. The minimum atomic E-state index is -0.505. The quantitative estimate of drug-likeness (QED) is 0.864. The van der Waals surface area contributed by atoms with Crippen LogP contribution in [0.2, 0.25) is 0 Å². The summed E-state index contributed by atoms with van der Waals surface area (Å²) in [7, 11) is 0. The van der Waals surface area contributed by atoms with Crippen molar-refractivity contribution in [3.8, 4) is 0 Å². The Morgan fingerprint density at radius 1 is 1.00 bits per heavy atom. The van der Waals surface area contributed by atoms with E-state index in [9.17, 15) is 9.59 Å². The number of carbonyl (C=O) groups excluding carboxylic acids is 2. The Kier molecular flexibility index (Phi) is 4.40. The van der Waals surface area contributed by atoms with Crippen LogP contribution in [0.25, 0.3) is 0 Å². The fourth-order valence-corrected chi connectivity index (χ4v) is 2.89. The maximum absolute atomic E-state index is 12.7. The molecule has 1 aliphatic rings. The zero-order valence-corrected chi connectivity index (χ0v) is 14.2. The van der Waals surface area contributed by atoms with Gasteiger partial charge < -0.3 is 5.32 Å². The van der Waals surface area contributed by atoms with Gasteiger partial charge in [-0.3, -0.25) is 9.59 Å². The first-order valence-electron chi connectivity index (χ1n) is 7.65. The van der Waals surface area contributed by atoms with E-state index in [4.69, 9.17) is 11.6 Å². The summed E-state index contributed by atoms with van der Waals surface area (Å²) in [6.45, 7) is 3.82. The lowest BCUT2D eigenvalue weighted by molar-refractivity contribution is -0.120. The van der Waals surface area contributed by atoms with Crippen LogP contribution < -0.4 is 10.2 Å². The summed E-state index contributed by atoms with van der Waals surface area (Å²) in [5.74, 6) is -0.937. The third-order valence-corrected chi connectivity index (χ3v) is 4.30. The molecule has 4 nitrogen and oxygen atoms in total. The van der Waals surface area contributed by atoms with Gasteiger partial charge in [0.2, 0.25) is 0 Å². The molecule has 0 spiro atoms. The van der Waals surface area contributed by atoms with Crippen LogP contribution in [0.3, 0.4) is 0 Å². The topological polar surface area (TPSA) is 49.4 Å². The summed E-state index contributed by atoms with van der Waals surface area (Å²) < 4.78 is 0. The normalized spacial score (nSPS) is 15.9. The van der Waals surface area contributed by atoms with Gasteiger partial charge in [-0.05, 0) is 37.1 Å². The van der Waals surface area contributed by atoms with Crippen molar-refractivity contribution in [3.63, 3.8) is 0 Å². The fourth-order valence-electron chi connectivity index (χ4n) is 2.67. The number of hydrogen-bond donors (Lipinski definition) is 1. The van der Waals surface area contributed by atoms with Crippen molar-refractivity contribution in [1.29, 1.82) is 0 Å². The van der Waals surface area contributed by atoms with Gasteiger partial charge in [0.15, 0.2) is 0 Å². The van der Waals surface area contributed by atoms with Crippen LogP contribution in [0.15, 0.2) is 65.3 Å². The van der Waals surface area contributed by atoms with E-state index in [0.717, 1.165) is 16.0 Å². The van der Waals surface area contributed by atoms with Gasteiger partial charge in [0.25, 0.3) is 11.8 Å². The lowest BCUT2D eigenvalue weighted by Gasteiger charge is -2.18. The Labute approximate surface area is 145 Å². The predicted octanol–water partition coefficient (Wildman–Crippen LogP) is 3.67. The van der Waals surface area contributed by atoms with Gasteiger partial charge in [0.05, 0.1) is 5.69 Å². The highest BCUT2D eigenvalue weighted by Crippen LogP contribution is 2.29. The highest BCUT2D eigenvalue weighted by atomic mass is 35.5. The number of carbonyl (C=O) groups is 2. The molecule has 1 heterocycles. The SMILES string of the molecule is Cc1cccc(N2C(=O)C(Cl)=C(NC(C)c3ccccc3)C2=O)c1. The summed E-state index contributed by atoms with van der Waals surface area (Å²) >= 11 is 6.14. The van der Waals surface area contributed by atoms with Crippen molar-refractivity contribution >= 4 is 29.1 Å². The van der Waals surface area contributed by atoms with Crippen LogP contribution >= 0.6 is 11.6 Å². The van der Waals surface area contributed by atoms with Crippen LogP contribution in [-0.4, -0.2) is 11.8 Å². The first-order valence-corrected chi connectivity index (χ1v) is 8.03. The summed E-state index contributed by atoms with van der Waals surface area (Å²) in [6, 6.07) is 16.7. The van der Waals surface area contributed by atoms with Gasteiger partial charge in [-0.15, -0.1) is 0 Å². The Balaban J connectivity index is 1.87. The summed E-state index contributed by atoms with van der Waals surface area (Å²) in [5.41, 5.74) is 2.62. The average molecular weight is 341 g/mol. The molecule has 1 atom stereocenters. The van der Waals surface area contributed by atoms with Crippen LogP contribution in [0.4, 0.5) is 5.69 Å². The number of anilines is 1. The molecule has 2 aromatic carbocycles. The van der Waals surface area contributed by atoms with E-state index in [-0.39, 0.29) is 16.8 Å². The van der Waals surface area contributed by atoms with E-state index in [0.29, 0.717) is 5.69 Å². The second kappa shape index (κ2) is 6.49. The number of aryl methyl sites for hydroxylation is 1. The second-order valence-corrected chi connectivity index (χ2v) is 6.13. The zero-order chi connectivity index (χ0) is 17.3. The highest BCUT2D eigenvalue weighted by molar-refractivity contribution is 6.52. The van der Waals surface area contributed by atoms with Crippen molar-refractivity contribution in [2.75, 3.05) is 4.90 Å². The Morgan fingerprint density at radius 2 is 1.71 bits per heavy atom. The van der Waals surface area contributed by atoms with E-state index in [1.54, 1.807) is 18.2 Å². The van der Waals surface area contributed by atoms with Crippen molar-refractivity contribution in [3.05, 3.63) is 76.5 Å². The standard InChI is InChI=1S/C19H17ClN2O2/c1-12-7-6-10-15(11-12)22-18(23)16(20)17(19(22)24)21-13(2)14-8-4-3-5-9-14/h3-11,13,21H,1-2H3. The van der Waals surface area contributed by atoms with E-state index in [1.165, 1.54) is 0 Å². The molecule has 1 N–H and O–H groups in total. The van der Waals surface area contributed by atoms with E-state index in [2.05, 4.69) is 5.32 Å². The second-order valence-electron chi connectivity index (χ2n) is 5.75. The molecule has 0 fully saturated rings. The molecular weight excluding hydrogens is 324 g/mol. The number of benzene rings is 2. The maximum Gasteiger partial charge on any atom is 0.283 e. The number of nitrogens with one attached hydrogen (secondary N) is 1. The lowest BCUT2D eigenvalue weighted by atomic mass is 10.1. The predicted molar refractivity (Wildman–Crippen MR) is 94.5 cm³/mol. The van der Waals surface area contributed by atoms with Crippen molar-refractivity contribution in [2.45, 2.75) is 19.9 Å². The Bertz CT molecular complexity index is 830. The molecule has 0 saturated heterocycles. The number of amides is 2.